The quantitative estimate of drug-likeness (QED) is 0.637. The third-order valence-electron chi connectivity index (χ3n) is 4.32. The van der Waals surface area contributed by atoms with E-state index >= 15 is 0 Å². The summed E-state index contributed by atoms with van der Waals surface area (Å²) in [4.78, 5) is 0. The van der Waals surface area contributed by atoms with E-state index in [4.69, 9.17) is 20.9 Å². The zero-order valence-corrected chi connectivity index (χ0v) is 15.2. The number of nitrogen functional groups attached to an aromatic ring is 2. The molecule has 3 aromatic rings. The first-order valence-corrected chi connectivity index (χ1v) is 8.57. The molecule has 0 heterocycles. The first-order valence-electron chi connectivity index (χ1n) is 8.57. The predicted octanol–water partition coefficient (Wildman–Crippen LogP) is 4.63. The zero-order valence-electron chi connectivity index (χ0n) is 15.2. The second kappa shape index (κ2) is 7.83. The fourth-order valence-corrected chi connectivity index (χ4v) is 2.54. The number of rotatable bonds is 6. The Kier molecular flexibility index (Phi) is 5.32. The number of benzene rings is 3. The summed E-state index contributed by atoms with van der Waals surface area (Å²) in [5, 5.41) is 0. The highest BCUT2D eigenvalue weighted by atomic mass is 16.5. The summed E-state index contributed by atoms with van der Waals surface area (Å²) >= 11 is 0. The van der Waals surface area contributed by atoms with Crippen LogP contribution in [0.4, 0.5) is 11.4 Å². The van der Waals surface area contributed by atoms with Crippen molar-refractivity contribution in [3.63, 3.8) is 0 Å². The largest absolute Gasteiger partial charge is 0.489 e. The van der Waals surface area contributed by atoms with E-state index in [0.29, 0.717) is 13.2 Å². The maximum atomic E-state index is 5.83. The summed E-state index contributed by atoms with van der Waals surface area (Å²) in [6.45, 7) is 4.97. The molecule has 134 valence electrons. The van der Waals surface area contributed by atoms with Crippen molar-refractivity contribution < 1.29 is 9.47 Å². The van der Waals surface area contributed by atoms with Gasteiger partial charge < -0.3 is 20.9 Å². The monoisotopic (exact) mass is 348 g/mol. The van der Waals surface area contributed by atoms with E-state index in [-0.39, 0.29) is 0 Å². The van der Waals surface area contributed by atoms with Gasteiger partial charge in [0.25, 0.3) is 0 Å². The maximum Gasteiger partial charge on any atom is 0.120 e. The fraction of sp³-hybridized carbons (Fsp3) is 0.182. The highest BCUT2D eigenvalue weighted by Crippen LogP contribution is 2.21. The topological polar surface area (TPSA) is 70.5 Å². The molecular weight excluding hydrogens is 324 g/mol. The van der Waals surface area contributed by atoms with E-state index in [0.717, 1.165) is 45.1 Å². The molecule has 4 N–H and O–H groups in total. The van der Waals surface area contributed by atoms with Crippen LogP contribution in [0.25, 0.3) is 0 Å². The summed E-state index contributed by atoms with van der Waals surface area (Å²) in [5.41, 5.74) is 17.5. The van der Waals surface area contributed by atoms with E-state index in [2.05, 4.69) is 24.3 Å². The van der Waals surface area contributed by atoms with E-state index in [1.54, 1.807) is 0 Å². The minimum Gasteiger partial charge on any atom is -0.489 e. The Hall–Kier alpha value is -3.14. The molecule has 4 nitrogen and oxygen atoms in total. The summed E-state index contributed by atoms with van der Waals surface area (Å²) in [5.74, 6) is 1.64. The van der Waals surface area contributed by atoms with Gasteiger partial charge in [0.15, 0.2) is 0 Å². The maximum absolute atomic E-state index is 5.83. The molecule has 0 spiro atoms. The first kappa shape index (κ1) is 17.7. The van der Waals surface area contributed by atoms with Gasteiger partial charge in [-0.05, 0) is 72.5 Å². The van der Waals surface area contributed by atoms with Crippen molar-refractivity contribution in [2.24, 2.45) is 0 Å². The van der Waals surface area contributed by atoms with E-state index < -0.39 is 0 Å². The Bertz CT molecular complexity index is 815. The van der Waals surface area contributed by atoms with Crippen molar-refractivity contribution in [1.29, 1.82) is 0 Å². The van der Waals surface area contributed by atoms with Gasteiger partial charge in [-0.25, -0.2) is 0 Å². The van der Waals surface area contributed by atoms with Gasteiger partial charge in [0.2, 0.25) is 0 Å². The van der Waals surface area contributed by atoms with E-state index in [9.17, 15) is 0 Å². The number of hydrogen-bond donors (Lipinski definition) is 2. The molecule has 0 atom stereocenters. The lowest BCUT2D eigenvalue weighted by Gasteiger charge is -2.10. The van der Waals surface area contributed by atoms with Crippen LogP contribution in [-0.4, -0.2) is 0 Å². The molecular formula is C22H24N2O2. The van der Waals surface area contributed by atoms with Crippen molar-refractivity contribution in [2.45, 2.75) is 27.1 Å². The van der Waals surface area contributed by atoms with E-state index in [1.807, 2.05) is 50.2 Å². The Labute approximate surface area is 154 Å². The Balaban J connectivity index is 1.54. The predicted molar refractivity (Wildman–Crippen MR) is 106 cm³/mol. The van der Waals surface area contributed by atoms with Gasteiger partial charge in [-0.1, -0.05) is 24.3 Å². The normalized spacial score (nSPS) is 10.5. The molecule has 0 saturated carbocycles. The minimum absolute atomic E-state index is 0.516. The van der Waals surface area contributed by atoms with Crippen LogP contribution in [0.15, 0.2) is 60.7 Å². The number of ether oxygens (including phenoxy) is 2. The van der Waals surface area contributed by atoms with Gasteiger partial charge in [0.1, 0.15) is 24.7 Å². The van der Waals surface area contributed by atoms with Gasteiger partial charge in [-0.3, -0.25) is 0 Å². The second-order valence-electron chi connectivity index (χ2n) is 6.43. The third kappa shape index (κ3) is 4.48. The number of anilines is 2. The van der Waals surface area contributed by atoms with Crippen molar-refractivity contribution in [2.75, 3.05) is 11.5 Å². The van der Waals surface area contributed by atoms with Crippen molar-refractivity contribution in [3.05, 3.63) is 82.9 Å². The smallest absolute Gasteiger partial charge is 0.120 e. The fourth-order valence-electron chi connectivity index (χ4n) is 2.54. The number of hydrogen-bond acceptors (Lipinski definition) is 4. The summed E-state index contributed by atoms with van der Waals surface area (Å²) in [6, 6.07) is 19.6. The highest BCUT2D eigenvalue weighted by molar-refractivity contribution is 5.50. The third-order valence-corrected chi connectivity index (χ3v) is 4.32. The average molecular weight is 348 g/mol. The number of nitrogens with two attached hydrogens (primary N) is 2. The minimum atomic E-state index is 0.516. The summed E-state index contributed by atoms with van der Waals surface area (Å²) < 4.78 is 11.6. The van der Waals surface area contributed by atoms with Crippen LogP contribution in [-0.2, 0) is 13.2 Å². The molecule has 0 fully saturated rings. The van der Waals surface area contributed by atoms with Crippen LogP contribution in [0.1, 0.15) is 22.3 Å². The van der Waals surface area contributed by atoms with Gasteiger partial charge in [-0.2, -0.15) is 0 Å². The average Bonchev–Trinajstić information content (AvgIpc) is 2.64. The molecule has 0 aromatic heterocycles. The molecule has 0 aliphatic carbocycles. The van der Waals surface area contributed by atoms with Crippen LogP contribution >= 0.6 is 0 Å². The van der Waals surface area contributed by atoms with Crippen LogP contribution in [0.5, 0.6) is 11.5 Å². The SMILES string of the molecule is Cc1cc(OCc2ccc(COc3ccc(N)c(C)c3)cc2)ccc1N. The van der Waals surface area contributed by atoms with Crippen LogP contribution < -0.4 is 20.9 Å². The lowest BCUT2D eigenvalue weighted by Crippen LogP contribution is -1.99. The lowest BCUT2D eigenvalue weighted by atomic mass is 10.1. The molecule has 0 bridgehead atoms. The number of aryl methyl sites for hydroxylation is 2. The highest BCUT2D eigenvalue weighted by Gasteiger charge is 2.02. The van der Waals surface area contributed by atoms with Crippen molar-refractivity contribution >= 4 is 11.4 Å². The Morgan fingerprint density at radius 3 is 1.35 bits per heavy atom. The van der Waals surface area contributed by atoms with Gasteiger partial charge in [0.05, 0.1) is 0 Å². The molecule has 3 aromatic carbocycles. The van der Waals surface area contributed by atoms with Crippen LogP contribution in [0.3, 0.4) is 0 Å². The summed E-state index contributed by atoms with van der Waals surface area (Å²) in [7, 11) is 0. The van der Waals surface area contributed by atoms with Crippen molar-refractivity contribution in [1.82, 2.24) is 0 Å². The van der Waals surface area contributed by atoms with Gasteiger partial charge >= 0.3 is 0 Å². The summed E-state index contributed by atoms with van der Waals surface area (Å²) in [6.07, 6.45) is 0. The van der Waals surface area contributed by atoms with Gasteiger partial charge in [0, 0.05) is 11.4 Å². The molecule has 4 heteroatoms. The van der Waals surface area contributed by atoms with Crippen LogP contribution in [0.2, 0.25) is 0 Å². The standard InChI is InChI=1S/C22H24N2O2/c1-15-11-19(7-9-21(15)23)25-13-17-3-5-18(6-4-17)14-26-20-8-10-22(24)16(2)12-20/h3-12H,13-14,23-24H2,1-2H3. The Morgan fingerprint density at radius 1 is 0.615 bits per heavy atom. The molecule has 0 unspecified atom stereocenters. The molecule has 26 heavy (non-hydrogen) atoms. The first-order chi connectivity index (χ1) is 12.5. The second-order valence-corrected chi connectivity index (χ2v) is 6.43. The molecule has 0 aliphatic heterocycles. The molecule has 0 radical (unpaired) electrons. The van der Waals surface area contributed by atoms with Crippen LogP contribution in [0, 0.1) is 13.8 Å². The molecule has 0 aliphatic rings. The lowest BCUT2D eigenvalue weighted by molar-refractivity contribution is 0.302. The van der Waals surface area contributed by atoms with Gasteiger partial charge in [-0.15, -0.1) is 0 Å². The van der Waals surface area contributed by atoms with Crippen molar-refractivity contribution in [3.8, 4) is 11.5 Å². The Morgan fingerprint density at radius 2 is 1.00 bits per heavy atom. The molecule has 0 amide bonds. The van der Waals surface area contributed by atoms with E-state index in [1.165, 1.54) is 0 Å². The zero-order chi connectivity index (χ0) is 18.5. The molecule has 3 rings (SSSR count). The molecule has 0 saturated heterocycles.